The molecule has 2 fully saturated rings. The van der Waals surface area contributed by atoms with Crippen LogP contribution in [0.1, 0.15) is 92.7 Å². The van der Waals surface area contributed by atoms with E-state index < -0.39 is 17.7 Å². The molecule has 0 aliphatic heterocycles. The van der Waals surface area contributed by atoms with Gasteiger partial charge >= 0.3 is 5.97 Å². The van der Waals surface area contributed by atoms with Crippen molar-refractivity contribution in [3.8, 4) is 11.1 Å². The molecule has 0 unspecified atom stereocenters. The Morgan fingerprint density at radius 1 is 1.11 bits per heavy atom. The van der Waals surface area contributed by atoms with Gasteiger partial charge in [-0.3, -0.25) is 4.79 Å². The van der Waals surface area contributed by atoms with Gasteiger partial charge in [-0.15, -0.1) is 0 Å². The SMILES string of the molecule is Cc1nc(C(=O)NC2CCC3(CC2)CC3)c(C)c(-c2ccc(Cl)cc2)c1[C@H](OC(C)(C)C)C(=O)O. The van der Waals surface area contributed by atoms with Crippen molar-refractivity contribution in [1.29, 1.82) is 0 Å². The highest BCUT2D eigenvalue weighted by molar-refractivity contribution is 6.30. The molecule has 2 aromatic rings. The van der Waals surface area contributed by atoms with Crippen LogP contribution in [0.3, 0.4) is 0 Å². The number of hydrogen-bond donors (Lipinski definition) is 2. The van der Waals surface area contributed by atoms with Gasteiger partial charge in [-0.05, 0) is 107 Å². The Morgan fingerprint density at radius 3 is 2.23 bits per heavy atom. The third-order valence-electron chi connectivity index (χ3n) is 7.31. The number of pyridine rings is 1. The zero-order valence-corrected chi connectivity index (χ0v) is 22.0. The van der Waals surface area contributed by atoms with Crippen LogP contribution in [-0.4, -0.2) is 33.6 Å². The molecule has 1 atom stereocenters. The van der Waals surface area contributed by atoms with E-state index in [0.717, 1.165) is 18.4 Å². The van der Waals surface area contributed by atoms with Crippen molar-refractivity contribution < 1.29 is 19.4 Å². The Labute approximate surface area is 212 Å². The van der Waals surface area contributed by atoms with Gasteiger partial charge in [0.2, 0.25) is 0 Å². The molecule has 0 bridgehead atoms. The zero-order chi connectivity index (χ0) is 25.5. The van der Waals surface area contributed by atoms with E-state index in [-0.39, 0.29) is 11.9 Å². The molecule has 2 N–H and O–H groups in total. The van der Waals surface area contributed by atoms with Crippen LogP contribution in [0.15, 0.2) is 24.3 Å². The molecule has 6 nitrogen and oxygen atoms in total. The second kappa shape index (κ2) is 9.55. The van der Waals surface area contributed by atoms with E-state index in [0.29, 0.717) is 38.5 Å². The van der Waals surface area contributed by atoms with Crippen molar-refractivity contribution in [1.82, 2.24) is 10.3 Å². The van der Waals surface area contributed by atoms with Gasteiger partial charge in [0.25, 0.3) is 5.91 Å². The highest BCUT2D eigenvalue weighted by atomic mass is 35.5. The second-order valence-electron chi connectivity index (χ2n) is 11.2. The van der Waals surface area contributed by atoms with E-state index in [4.69, 9.17) is 16.3 Å². The van der Waals surface area contributed by atoms with Gasteiger partial charge in [-0.25, -0.2) is 9.78 Å². The first-order chi connectivity index (χ1) is 16.4. The number of carbonyl (C=O) groups is 2. The maximum atomic E-state index is 13.4. The molecule has 1 aromatic carbocycles. The molecule has 7 heteroatoms. The molecule has 1 spiro atoms. The van der Waals surface area contributed by atoms with Crippen molar-refractivity contribution >= 4 is 23.5 Å². The number of nitrogens with zero attached hydrogens (tertiary/aromatic N) is 1. The van der Waals surface area contributed by atoms with Crippen LogP contribution in [0.5, 0.6) is 0 Å². The maximum Gasteiger partial charge on any atom is 0.337 e. The normalized spacial score (nSPS) is 18.3. The van der Waals surface area contributed by atoms with Gasteiger partial charge in [0, 0.05) is 22.3 Å². The Kier molecular flexibility index (Phi) is 7.00. The summed E-state index contributed by atoms with van der Waals surface area (Å²) in [4.78, 5) is 30.4. The van der Waals surface area contributed by atoms with Crippen LogP contribution in [0.25, 0.3) is 11.1 Å². The quantitative estimate of drug-likeness (QED) is 0.480. The summed E-state index contributed by atoms with van der Waals surface area (Å²) in [5.74, 6) is -1.32. The molecule has 2 saturated carbocycles. The predicted molar refractivity (Wildman–Crippen MR) is 137 cm³/mol. The van der Waals surface area contributed by atoms with Gasteiger partial charge in [0.1, 0.15) is 5.69 Å². The topological polar surface area (TPSA) is 88.5 Å². The number of halogens is 1. The molecule has 188 valence electrons. The number of rotatable bonds is 6. The molecular weight excluding hydrogens is 464 g/mol. The lowest BCUT2D eigenvalue weighted by Crippen LogP contribution is -2.39. The Balaban J connectivity index is 1.76. The van der Waals surface area contributed by atoms with Crippen molar-refractivity contribution in [2.45, 2.75) is 90.9 Å². The minimum atomic E-state index is -1.24. The number of carboxylic acids is 1. The average molecular weight is 499 g/mol. The van der Waals surface area contributed by atoms with E-state index in [2.05, 4.69) is 10.3 Å². The van der Waals surface area contributed by atoms with Gasteiger partial charge in [-0.1, -0.05) is 23.7 Å². The highest BCUT2D eigenvalue weighted by Crippen LogP contribution is 2.56. The highest BCUT2D eigenvalue weighted by Gasteiger charge is 2.45. The zero-order valence-electron chi connectivity index (χ0n) is 21.2. The van der Waals surface area contributed by atoms with Crippen LogP contribution < -0.4 is 5.32 Å². The lowest BCUT2D eigenvalue weighted by molar-refractivity contribution is -0.160. The molecule has 0 radical (unpaired) electrons. The fraction of sp³-hybridized carbons (Fsp3) is 0.536. The van der Waals surface area contributed by atoms with Crippen molar-refractivity contribution in [3.63, 3.8) is 0 Å². The Bertz CT molecular complexity index is 1120. The van der Waals surface area contributed by atoms with Crippen LogP contribution >= 0.6 is 11.6 Å². The van der Waals surface area contributed by atoms with E-state index in [1.54, 1.807) is 19.1 Å². The number of hydrogen-bond acceptors (Lipinski definition) is 4. The van der Waals surface area contributed by atoms with E-state index in [1.807, 2.05) is 39.8 Å². The average Bonchev–Trinajstić information content (AvgIpc) is 3.54. The van der Waals surface area contributed by atoms with E-state index in [9.17, 15) is 14.7 Å². The van der Waals surface area contributed by atoms with Crippen LogP contribution in [0.4, 0.5) is 0 Å². The molecule has 2 aliphatic rings. The fourth-order valence-electron chi connectivity index (χ4n) is 5.23. The predicted octanol–water partition coefficient (Wildman–Crippen LogP) is 6.41. The van der Waals surface area contributed by atoms with Crippen LogP contribution in [0.2, 0.25) is 5.02 Å². The number of carbonyl (C=O) groups excluding carboxylic acids is 1. The largest absolute Gasteiger partial charge is 0.479 e. The molecule has 1 aromatic heterocycles. The number of aliphatic carboxylic acids is 1. The molecule has 0 saturated heterocycles. The van der Waals surface area contributed by atoms with E-state index in [1.165, 1.54) is 25.7 Å². The van der Waals surface area contributed by atoms with Gasteiger partial charge in [0.15, 0.2) is 6.10 Å². The molecule has 4 rings (SSSR count). The summed E-state index contributed by atoms with van der Waals surface area (Å²) in [5.41, 5.74) is 3.13. The van der Waals surface area contributed by atoms with Crippen molar-refractivity contribution in [2.24, 2.45) is 5.41 Å². The lowest BCUT2D eigenvalue weighted by Gasteiger charge is -2.30. The third kappa shape index (κ3) is 5.70. The molecule has 1 heterocycles. The summed E-state index contributed by atoms with van der Waals surface area (Å²) in [7, 11) is 0. The van der Waals surface area contributed by atoms with E-state index >= 15 is 0 Å². The lowest BCUT2D eigenvalue weighted by atomic mass is 9.83. The summed E-state index contributed by atoms with van der Waals surface area (Å²) in [6.07, 6.45) is 5.73. The first-order valence-electron chi connectivity index (χ1n) is 12.4. The molecule has 35 heavy (non-hydrogen) atoms. The minimum absolute atomic E-state index is 0.143. The first-order valence-corrected chi connectivity index (χ1v) is 12.8. The maximum absolute atomic E-state index is 13.4. The fourth-order valence-corrected chi connectivity index (χ4v) is 5.36. The standard InChI is InChI=1S/C28H35ClN2O4/c1-16-21(18-6-8-19(29)9-7-18)22(24(26(33)34)35-27(3,4)5)17(2)30-23(16)25(32)31-20-10-12-28(13-11-20)14-15-28/h6-9,20,24H,10-15H2,1-5H3,(H,31,32)(H,33,34)/t24-/m0/s1. The Morgan fingerprint density at radius 2 is 1.71 bits per heavy atom. The smallest absolute Gasteiger partial charge is 0.337 e. The Hall–Kier alpha value is -2.44. The number of carboxylic acid groups (broad SMARTS) is 1. The minimum Gasteiger partial charge on any atom is -0.479 e. The van der Waals surface area contributed by atoms with Crippen molar-refractivity contribution in [2.75, 3.05) is 0 Å². The summed E-state index contributed by atoms with van der Waals surface area (Å²) < 4.78 is 5.99. The van der Waals surface area contributed by atoms with Gasteiger partial charge in [0.05, 0.1) is 5.60 Å². The second-order valence-corrected chi connectivity index (χ2v) is 11.6. The third-order valence-corrected chi connectivity index (χ3v) is 7.57. The van der Waals surface area contributed by atoms with Crippen molar-refractivity contribution in [3.05, 3.63) is 51.8 Å². The molecule has 1 amide bonds. The number of nitrogens with one attached hydrogen (secondary N) is 1. The summed E-state index contributed by atoms with van der Waals surface area (Å²) in [5, 5.41) is 13.9. The first kappa shape index (κ1) is 25.6. The van der Waals surface area contributed by atoms with Gasteiger partial charge < -0.3 is 15.2 Å². The number of benzene rings is 1. The van der Waals surface area contributed by atoms with Crippen LogP contribution in [-0.2, 0) is 9.53 Å². The summed E-state index contributed by atoms with van der Waals surface area (Å²) >= 11 is 6.13. The number of aryl methyl sites for hydroxylation is 1. The summed E-state index contributed by atoms with van der Waals surface area (Å²) in [6.45, 7) is 9.02. The van der Waals surface area contributed by atoms with Crippen LogP contribution in [0, 0.1) is 19.3 Å². The number of aromatic nitrogens is 1. The number of amides is 1. The monoisotopic (exact) mass is 498 g/mol. The number of ether oxygens (including phenoxy) is 1. The molecular formula is C28H35ClN2O4. The summed E-state index contributed by atoms with van der Waals surface area (Å²) in [6, 6.07) is 7.32. The van der Waals surface area contributed by atoms with Gasteiger partial charge in [-0.2, -0.15) is 0 Å². The molecule has 2 aliphatic carbocycles.